The molecular formula is C13H12ClNO3S2. The van der Waals surface area contributed by atoms with Gasteiger partial charge in [-0.15, -0.1) is 22.7 Å². The monoisotopic (exact) mass is 329 g/mol. The third kappa shape index (κ3) is 2.87. The molecule has 0 bridgehead atoms. The summed E-state index contributed by atoms with van der Waals surface area (Å²) >= 11 is 8.35. The van der Waals surface area contributed by atoms with E-state index >= 15 is 0 Å². The molecule has 0 fully saturated rings. The van der Waals surface area contributed by atoms with Crippen molar-refractivity contribution in [1.29, 1.82) is 0 Å². The Morgan fingerprint density at radius 1 is 1.25 bits per heavy atom. The van der Waals surface area contributed by atoms with Gasteiger partial charge in [0.05, 0.1) is 21.9 Å². The Labute approximate surface area is 129 Å². The van der Waals surface area contributed by atoms with Crippen molar-refractivity contribution in [3.63, 3.8) is 0 Å². The van der Waals surface area contributed by atoms with E-state index in [9.17, 15) is 9.59 Å². The number of anilines is 1. The molecule has 0 spiro atoms. The first kappa shape index (κ1) is 15.0. The molecule has 20 heavy (non-hydrogen) atoms. The molecule has 7 heteroatoms. The van der Waals surface area contributed by atoms with Gasteiger partial charge in [0, 0.05) is 4.88 Å². The molecule has 0 aromatic carbocycles. The first-order valence-corrected chi connectivity index (χ1v) is 7.70. The zero-order chi connectivity index (χ0) is 14.9. The van der Waals surface area contributed by atoms with Crippen LogP contribution in [0.5, 0.6) is 0 Å². The van der Waals surface area contributed by atoms with Gasteiger partial charge >= 0.3 is 5.97 Å². The Balaban J connectivity index is 2.32. The second-order valence-electron chi connectivity index (χ2n) is 4.04. The first-order valence-electron chi connectivity index (χ1n) is 5.69. The van der Waals surface area contributed by atoms with Crippen molar-refractivity contribution in [1.82, 2.24) is 0 Å². The maximum Gasteiger partial charge on any atom is 0.341 e. The molecule has 106 valence electrons. The molecule has 0 aliphatic carbocycles. The third-order valence-corrected chi connectivity index (χ3v) is 5.15. The second-order valence-corrected chi connectivity index (χ2v) is 6.98. The average molecular weight is 330 g/mol. The van der Waals surface area contributed by atoms with Gasteiger partial charge in [-0.05, 0) is 31.5 Å². The van der Waals surface area contributed by atoms with Gasteiger partial charge in [0.15, 0.2) is 0 Å². The van der Waals surface area contributed by atoms with Crippen LogP contribution in [0.3, 0.4) is 0 Å². The molecule has 0 saturated heterocycles. The number of ether oxygens (including phenoxy) is 1. The number of carbonyl (C=O) groups excluding carboxylic acids is 2. The van der Waals surface area contributed by atoms with Gasteiger partial charge in [0.1, 0.15) is 5.00 Å². The molecule has 0 unspecified atom stereocenters. The van der Waals surface area contributed by atoms with Gasteiger partial charge in [-0.1, -0.05) is 11.6 Å². The summed E-state index contributed by atoms with van der Waals surface area (Å²) in [5.41, 5.74) is 1.23. The zero-order valence-corrected chi connectivity index (χ0v) is 13.5. The molecule has 1 N–H and O–H groups in total. The quantitative estimate of drug-likeness (QED) is 0.862. The van der Waals surface area contributed by atoms with Crippen molar-refractivity contribution in [2.24, 2.45) is 0 Å². The summed E-state index contributed by atoms with van der Waals surface area (Å²) in [6, 6.07) is 3.31. The van der Waals surface area contributed by atoms with E-state index in [1.807, 2.05) is 13.8 Å². The van der Waals surface area contributed by atoms with Crippen molar-refractivity contribution in [2.75, 3.05) is 12.4 Å². The molecular weight excluding hydrogens is 318 g/mol. The minimum absolute atomic E-state index is 0.284. The van der Waals surface area contributed by atoms with Gasteiger partial charge in [-0.25, -0.2) is 4.79 Å². The highest BCUT2D eigenvalue weighted by Gasteiger charge is 2.22. The SMILES string of the molecule is COC(=O)c1c(NC(=O)c2ccc(Cl)s2)sc(C)c1C. The zero-order valence-electron chi connectivity index (χ0n) is 11.1. The van der Waals surface area contributed by atoms with Gasteiger partial charge in [-0.2, -0.15) is 0 Å². The molecule has 0 radical (unpaired) electrons. The summed E-state index contributed by atoms with van der Waals surface area (Å²) in [7, 11) is 1.32. The summed E-state index contributed by atoms with van der Waals surface area (Å²) in [6.07, 6.45) is 0. The fourth-order valence-electron chi connectivity index (χ4n) is 1.66. The van der Waals surface area contributed by atoms with E-state index in [0.29, 0.717) is 19.8 Å². The largest absolute Gasteiger partial charge is 0.465 e. The van der Waals surface area contributed by atoms with Crippen LogP contribution in [0.2, 0.25) is 4.34 Å². The van der Waals surface area contributed by atoms with E-state index in [-0.39, 0.29) is 5.91 Å². The van der Waals surface area contributed by atoms with Crippen molar-refractivity contribution >= 4 is 51.2 Å². The normalized spacial score (nSPS) is 10.4. The fraction of sp³-hybridized carbons (Fsp3) is 0.231. The standard InChI is InChI=1S/C13H12ClNO3S2/c1-6-7(2)19-12(10(6)13(17)18-3)15-11(16)8-4-5-9(14)20-8/h4-5H,1-3H3,(H,15,16). The highest BCUT2D eigenvalue weighted by Crippen LogP contribution is 2.33. The van der Waals surface area contributed by atoms with Crippen LogP contribution in [-0.2, 0) is 4.74 Å². The van der Waals surface area contributed by atoms with Gasteiger partial charge in [0.25, 0.3) is 5.91 Å². The Hall–Kier alpha value is -1.37. The number of halogens is 1. The smallest absolute Gasteiger partial charge is 0.341 e. The molecule has 0 aliphatic rings. The molecule has 0 aliphatic heterocycles. The number of rotatable bonds is 3. The lowest BCUT2D eigenvalue weighted by atomic mass is 10.1. The molecule has 2 aromatic rings. The summed E-state index contributed by atoms with van der Waals surface area (Å²) < 4.78 is 5.30. The summed E-state index contributed by atoms with van der Waals surface area (Å²) in [4.78, 5) is 25.4. The topological polar surface area (TPSA) is 55.4 Å². The first-order chi connectivity index (χ1) is 9.43. The Morgan fingerprint density at radius 2 is 1.95 bits per heavy atom. The lowest BCUT2D eigenvalue weighted by Crippen LogP contribution is -2.13. The van der Waals surface area contributed by atoms with Crippen LogP contribution >= 0.6 is 34.3 Å². The molecule has 2 rings (SSSR count). The molecule has 2 heterocycles. The number of aryl methyl sites for hydroxylation is 1. The van der Waals surface area contributed by atoms with Crippen LogP contribution in [-0.4, -0.2) is 19.0 Å². The molecule has 4 nitrogen and oxygen atoms in total. The van der Waals surface area contributed by atoms with E-state index in [0.717, 1.165) is 10.4 Å². The van der Waals surface area contributed by atoms with Crippen LogP contribution in [0.1, 0.15) is 30.5 Å². The van der Waals surface area contributed by atoms with Gasteiger partial charge in [0.2, 0.25) is 0 Å². The van der Waals surface area contributed by atoms with E-state index in [2.05, 4.69) is 5.32 Å². The molecule has 0 saturated carbocycles. The van der Waals surface area contributed by atoms with Crippen molar-refractivity contribution in [3.05, 3.63) is 37.4 Å². The highest BCUT2D eigenvalue weighted by atomic mass is 35.5. The number of nitrogens with one attached hydrogen (secondary N) is 1. The van der Waals surface area contributed by atoms with Crippen LogP contribution in [0.25, 0.3) is 0 Å². The number of amides is 1. The van der Waals surface area contributed by atoms with Crippen LogP contribution in [0.15, 0.2) is 12.1 Å². The number of methoxy groups -OCH3 is 1. The van der Waals surface area contributed by atoms with E-state index in [1.165, 1.54) is 29.8 Å². The number of esters is 1. The maximum absolute atomic E-state index is 12.1. The van der Waals surface area contributed by atoms with Crippen molar-refractivity contribution in [3.8, 4) is 0 Å². The van der Waals surface area contributed by atoms with Crippen LogP contribution < -0.4 is 5.32 Å². The third-order valence-electron chi connectivity index (χ3n) is 2.80. The molecule has 2 aromatic heterocycles. The Kier molecular flexibility index (Phi) is 4.47. The number of hydrogen-bond acceptors (Lipinski definition) is 5. The minimum Gasteiger partial charge on any atom is -0.465 e. The number of hydrogen-bond donors (Lipinski definition) is 1. The highest BCUT2D eigenvalue weighted by molar-refractivity contribution is 7.18. The summed E-state index contributed by atoms with van der Waals surface area (Å²) in [5, 5.41) is 3.25. The molecule has 1 amide bonds. The van der Waals surface area contributed by atoms with E-state index in [4.69, 9.17) is 16.3 Å². The van der Waals surface area contributed by atoms with Crippen molar-refractivity contribution < 1.29 is 14.3 Å². The maximum atomic E-state index is 12.1. The minimum atomic E-state index is -0.452. The van der Waals surface area contributed by atoms with Crippen LogP contribution in [0.4, 0.5) is 5.00 Å². The molecule has 0 atom stereocenters. The predicted octanol–water partition coefficient (Wildman–Crippen LogP) is 4.12. The lowest BCUT2D eigenvalue weighted by molar-refractivity contribution is 0.0601. The van der Waals surface area contributed by atoms with Gasteiger partial charge in [-0.3, -0.25) is 4.79 Å². The van der Waals surface area contributed by atoms with Gasteiger partial charge < -0.3 is 10.1 Å². The Bertz CT molecular complexity index is 675. The summed E-state index contributed by atoms with van der Waals surface area (Å²) in [5.74, 6) is -0.736. The van der Waals surface area contributed by atoms with Crippen molar-refractivity contribution in [2.45, 2.75) is 13.8 Å². The fourth-order valence-corrected chi connectivity index (χ4v) is 3.65. The van der Waals surface area contributed by atoms with Crippen LogP contribution in [0, 0.1) is 13.8 Å². The number of thiophene rings is 2. The Morgan fingerprint density at radius 3 is 2.50 bits per heavy atom. The lowest BCUT2D eigenvalue weighted by Gasteiger charge is -2.04. The summed E-state index contributed by atoms with van der Waals surface area (Å²) in [6.45, 7) is 3.72. The van der Waals surface area contributed by atoms with E-state index < -0.39 is 5.97 Å². The number of carbonyl (C=O) groups is 2. The predicted molar refractivity (Wildman–Crippen MR) is 82.4 cm³/mol. The van der Waals surface area contributed by atoms with E-state index in [1.54, 1.807) is 12.1 Å². The second kappa shape index (κ2) is 5.95. The average Bonchev–Trinajstić information content (AvgIpc) is 2.94.